The highest BCUT2D eigenvalue weighted by Crippen LogP contribution is 2.20. The van der Waals surface area contributed by atoms with Crippen molar-refractivity contribution in [1.29, 1.82) is 0 Å². The number of hydrogen-bond donors (Lipinski definition) is 2. The fraction of sp³-hybridized carbons (Fsp3) is 0.750. The van der Waals surface area contributed by atoms with E-state index in [4.69, 9.17) is 0 Å². The van der Waals surface area contributed by atoms with E-state index in [1.54, 1.807) is 4.90 Å². The maximum Gasteiger partial charge on any atom is 0.341 e. The van der Waals surface area contributed by atoms with Gasteiger partial charge in [0.2, 0.25) is 5.82 Å². The minimum absolute atomic E-state index is 0.115. The summed E-state index contributed by atoms with van der Waals surface area (Å²) >= 11 is 0. The fourth-order valence-electron chi connectivity index (χ4n) is 3.03. The maximum atomic E-state index is 12.1. The maximum absolute atomic E-state index is 12.1. The number of piperidine rings is 1. The molecule has 1 aromatic rings. The second kappa shape index (κ2) is 5.16. The van der Waals surface area contributed by atoms with Gasteiger partial charge in [0.1, 0.15) is 0 Å². The van der Waals surface area contributed by atoms with Crippen LogP contribution in [0.4, 0.5) is 0 Å². The molecule has 1 amide bonds. The van der Waals surface area contributed by atoms with Gasteiger partial charge in [-0.25, -0.2) is 9.89 Å². The van der Waals surface area contributed by atoms with Crippen LogP contribution in [0.2, 0.25) is 0 Å². The van der Waals surface area contributed by atoms with Crippen LogP contribution in [0.25, 0.3) is 0 Å². The molecule has 2 N–H and O–H groups in total. The standard InChI is InChI=1S/C12H19N5O2/c18-11(10-13-12(19)15-14-10)17-7-4-9(8-17)16-5-2-1-3-6-16/h9H,1-8H2,(H2,13,14,15,19)/t9-/m1/s1. The SMILES string of the molecule is O=C(c1n[nH]c(=O)[nH]1)N1CC[C@@H](N2CCCCC2)C1. The number of nitrogens with zero attached hydrogens (tertiary/aromatic N) is 3. The average Bonchev–Trinajstić information content (AvgIpc) is 3.08. The van der Waals surface area contributed by atoms with Crippen LogP contribution in [0.15, 0.2) is 4.79 Å². The second-order valence-corrected chi connectivity index (χ2v) is 5.32. The first-order chi connectivity index (χ1) is 9.24. The molecule has 7 heteroatoms. The van der Waals surface area contributed by atoms with Gasteiger partial charge in [-0.15, -0.1) is 5.10 Å². The number of amides is 1. The molecule has 2 saturated heterocycles. The lowest BCUT2D eigenvalue weighted by molar-refractivity contribution is 0.0760. The Morgan fingerprint density at radius 3 is 2.68 bits per heavy atom. The Labute approximate surface area is 111 Å². The Morgan fingerprint density at radius 2 is 2.00 bits per heavy atom. The van der Waals surface area contributed by atoms with Crippen molar-refractivity contribution in [1.82, 2.24) is 25.0 Å². The summed E-state index contributed by atoms with van der Waals surface area (Å²) in [5.41, 5.74) is -0.435. The molecule has 19 heavy (non-hydrogen) atoms. The van der Waals surface area contributed by atoms with Gasteiger partial charge < -0.3 is 4.90 Å². The van der Waals surface area contributed by atoms with Crippen molar-refractivity contribution in [3.63, 3.8) is 0 Å². The molecule has 0 spiro atoms. The lowest BCUT2D eigenvalue weighted by Crippen LogP contribution is -2.41. The normalized spacial score (nSPS) is 24.8. The molecule has 0 bridgehead atoms. The molecule has 0 aromatic carbocycles. The summed E-state index contributed by atoms with van der Waals surface area (Å²) in [5.74, 6) is -0.0675. The average molecular weight is 265 g/mol. The van der Waals surface area contributed by atoms with Gasteiger partial charge in [0.25, 0.3) is 5.91 Å². The van der Waals surface area contributed by atoms with Crippen LogP contribution < -0.4 is 5.69 Å². The predicted octanol–water partition coefficient (Wildman–Crippen LogP) is -0.202. The number of rotatable bonds is 2. The summed E-state index contributed by atoms with van der Waals surface area (Å²) in [6.45, 7) is 3.78. The summed E-state index contributed by atoms with van der Waals surface area (Å²) in [6, 6.07) is 0.468. The lowest BCUT2D eigenvalue weighted by Gasteiger charge is -2.32. The van der Waals surface area contributed by atoms with E-state index in [-0.39, 0.29) is 11.7 Å². The molecule has 0 unspecified atom stereocenters. The van der Waals surface area contributed by atoms with Crippen molar-refractivity contribution in [3.05, 3.63) is 16.3 Å². The van der Waals surface area contributed by atoms with Crippen molar-refractivity contribution >= 4 is 5.91 Å². The molecule has 0 radical (unpaired) electrons. The van der Waals surface area contributed by atoms with Crippen molar-refractivity contribution in [3.8, 4) is 0 Å². The smallest absolute Gasteiger partial charge is 0.334 e. The first kappa shape index (κ1) is 12.4. The fourth-order valence-corrected chi connectivity index (χ4v) is 3.03. The number of H-pyrrole nitrogens is 2. The number of aromatic amines is 2. The summed E-state index contributed by atoms with van der Waals surface area (Å²) in [5, 5.41) is 5.93. The van der Waals surface area contributed by atoms with Gasteiger partial charge in [-0.2, -0.15) is 0 Å². The molecule has 2 aliphatic heterocycles. The van der Waals surface area contributed by atoms with Crippen LogP contribution in [0.3, 0.4) is 0 Å². The van der Waals surface area contributed by atoms with Gasteiger partial charge in [0.15, 0.2) is 0 Å². The number of likely N-dealkylation sites (tertiary alicyclic amines) is 2. The molecule has 7 nitrogen and oxygen atoms in total. The van der Waals surface area contributed by atoms with Crippen LogP contribution in [0.1, 0.15) is 36.3 Å². The first-order valence-electron chi connectivity index (χ1n) is 6.92. The van der Waals surface area contributed by atoms with E-state index in [9.17, 15) is 9.59 Å². The lowest BCUT2D eigenvalue weighted by atomic mass is 10.1. The van der Waals surface area contributed by atoms with Gasteiger partial charge in [0.05, 0.1) is 0 Å². The van der Waals surface area contributed by atoms with E-state index in [2.05, 4.69) is 20.1 Å². The summed E-state index contributed by atoms with van der Waals surface area (Å²) in [4.78, 5) is 29.8. The molecule has 0 aliphatic carbocycles. The van der Waals surface area contributed by atoms with Gasteiger partial charge in [0, 0.05) is 19.1 Å². The van der Waals surface area contributed by atoms with Crippen LogP contribution in [0.5, 0.6) is 0 Å². The van der Waals surface area contributed by atoms with Crippen LogP contribution in [-0.2, 0) is 0 Å². The molecule has 2 aliphatic rings. The molecule has 0 saturated carbocycles. The largest absolute Gasteiger partial charge is 0.341 e. The van der Waals surface area contributed by atoms with Gasteiger partial charge in [-0.1, -0.05) is 6.42 Å². The molecule has 3 heterocycles. The van der Waals surface area contributed by atoms with E-state index in [0.29, 0.717) is 6.04 Å². The third kappa shape index (κ3) is 2.56. The minimum atomic E-state index is -0.435. The van der Waals surface area contributed by atoms with E-state index < -0.39 is 5.69 Å². The number of hydrogen-bond acceptors (Lipinski definition) is 4. The molecular formula is C12H19N5O2. The number of carbonyl (C=O) groups excluding carboxylic acids is 1. The van der Waals surface area contributed by atoms with Crippen molar-refractivity contribution < 1.29 is 4.79 Å². The second-order valence-electron chi connectivity index (χ2n) is 5.32. The zero-order chi connectivity index (χ0) is 13.2. The van der Waals surface area contributed by atoms with Gasteiger partial charge >= 0.3 is 5.69 Å². The highest BCUT2D eigenvalue weighted by atomic mass is 16.2. The zero-order valence-corrected chi connectivity index (χ0v) is 10.9. The van der Waals surface area contributed by atoms with Crippen molar-refractivity contribution in [2.75, 3.05) is 26.2 Å². The highest BCUT2D eigenvalue weighted by molar-refractivity contribution is 5.90. The molecule has 1 aromatic heterocycles. The summed E-state index contributed by atoms with van der Waals surface area (Å²) in [7, 11) is 0. The van der Waals surface area contributed by atoms with E-state index >= 15 is 0 Å². The Bertz CT molecular complexity index is 502. The van der Waals surface area contributed by atoms with Crippen molar-refractivity contribution in [2.45, 2.75) is 31.7 Å². The monoisotopic (exact) mass is 265 g/mol. The highest BCUT2D eigenvalue weighted by Gasteiger charge is 2.32. The molecule has 2 fully saturated rings. The summed E-state index contributed by atoms with van der Waals surface area (Å²) in [6.07, 6.45) is 4.86. The van der Waals surface area contributed by atoms with Crippen LogP contribution in [0, 0.1) is 0 Å². The number of carbonyl (C=O) groups is 1. The van der Waals surface area contributed by atoms with Crippen LogP contribution >= 0.6 is 0 Å². The topological polar surface area (TPSA) is 85.1 Å². The van der Waals surface area contributed by atoms with Crippen LogP contribution in [-0.4, -0.2) is 63.1 Å². The van der Waals surface area contributed by atoms with E-state index in [1.165, 1.54) is 19.3 Å². The number of nitrogens with one attached hydrogen (secondary N) is 2. The van der Waals surface area contributed by atoms with E-state index in [0.717, 1.165) is 32.6 Å². The Hall–Kier alpha value is -1.63. The molecular weight excluding hydrogens is 246 g/mol. The quantitative estimate of drug-likeness (QED) is 0.775. The third-order valence-corrected chi connectivity index (χ3v) is 4.06. The van der Waals surface area contributed by atoms with Crippen molar-refractivity contribution in [2.24, 2.45) is 0 Å². The van der Waals surface area contributed by atoms with Gasteiger partial charge in [-0.3, -0.25) is 14.7 Å². The zero-order valence-electron chi connectivity index (χ0n) is 10.9. The van der Waals surface area contributed by atoms with Gasteiger partial charge in [-0.05, 0) is 32.4 Å². The summed E-state index contributed by atoms with van der Waals surface area (Å²) < 4.78 is 0. The molecule has 1 atom stereocenters. The Balaban J connectivity index is 1.62. The molecule has 104 valence electrons. The predicted molar refractivity (Wildman–Crippen MR) is 68.9 cm³/mol. The minimum Gasteiger partial charge on any atom is -0.334 e. The number of aromatic nitrogens is 3. The molecule has 3 rings (SSSR count). The first-order valence-corrected chi connectivity index (χ1v) is 6.92. The van der Waals surface area contributed by atoms with E-state index in [1.807, 2.05) is 0 Å². The Kier molecular flexibility index (Phi) is 3.37. The third-order valence-electron chi connectivity index (χ3n) is 4.06. The Morgan fingerprint density at radius 1 is 1.21 bits per heavy atom.